The van der Waals surface area contributed by atoms with Crippen LogP contribution in [0.2, 0.25) is 0 Å². The molecule has 0 spiro atoms. The molecule has 0 saturated heterocycles. The molecule has 1 fully saturated rings. The minimum absolute atomic E-state index is 0.562. The van der Waals surface area contributed by atoms with Crippen LogP contribution < -0.4 is 5.73 Å². The molecule has 0 amide bonds. The number of rotatable bonds is 2. The Kier molecular flexibility index (Phi) is 2.87. The zero-order valence-electron chi connectivity index (χ0n) is 10.7. The number of hydrogen-bond acceptors (Lipinski definition) is 1. The number of benzene rings is 2. The predicted octanol–water partition coefficient (Wildman–Crippen LogP) is 4.32. The van der Waals surface area contributed by atoms with E-state index in [-0.39, 0.29) is 0 Å². The van der Waals surface area contributed by atoms with Crippen molar-refractivity contribution in [1.29, 1.82) is 0 Å². The largest absolute Gasteiger partial charge is 0.416 e. The Morgan fingerprint density at radius 3 is 2.10 bits per heavy atom. The number of halogens is 3. The second kappa shape index (κ2) is 4.35. The first-order chi connectivity index (χ1) is 9.38. The van der Waals surface area contributed by atoms with Gasteiger partial charge in [-0.3, -0.25) is 0 Å². The van der Waals surface area contributed by atoms with Gasteiger partial charge in [0.2, 0.25) is 0 Å². The van der Waals surface area contributed by atoms with E-state index in [9.17, 15) is 13.2 Å². The van der Waals surface area contributed by atoms with E-state index in [1.54, 1.807) is 18.2 Å². The molecule has 0 radical (unpaired) electrons. The highest BCUT2D eigenvalue weighted by Gasteiger charge is 2.42. The van der Waals surface area contributed by atoms with Gasteiger partial charge in [-0.15, -0.1) is 0 Å². The average molecular weight is 277 g/mol. The van der Waals surface area contributed by atoms with Crippen LogP contribution in [0.4, 0.5) is 13.2 Å². The van der Waals surface area contributed by atoms with Crippen molar-refractivity contribution >= 4 is 0 Å². The van der Waals surface area contributed by atoms with E-state index in [1.165, 1.54) is 12.1 Å². The quantitative estimate of drug-likeness (QED) is 0.869. The van der Waals surface area contributed by atoms with Crippen LogP contribution in [0, 0.1) is 0 Å². The molecule has 0 unspecified atom stereocenters. The summed E-state index contributed by atoms with van der Waals surface area (Å²) in [6, 6.07) is 13.2. The summed E-state index contributed by atoms with van der Waals surface area (Å²) in [5.74, 6) is 0. The van der Waals surface area contributed by atoms with E-state index in [2.05, 4.69) is 0 Å². The molecule has 2 aromatic rings. The highest BCUT2D eigenvalue weighted by atomic mass is 19.4. The maximum atomic E-state index is 13.0. The van der Waals surface area contributed by atoms with Crippen molar-refractivity contribution in [3.63, 3.8) is 0 Å². The molecule has 1 nitrogen and oxygen atoms in total. The predicted molar refractivity (Wildman–Crippen MR) is 72.0 cm³/mol. The third-order valence-electron chi connectivity index (χ3n) is 3.73. The fourth-order valence-electron chi connectivity index (χ4n) is 2.30. The number of alkyl halides is 3. The van der Waals surface area contributed by atoms with Crippen LogP contribution in [0.5, 0.6) is 0 Å². The van der Waals surface area contributed by atoms with E-state index >= 15 is 0 Å². The number of hydrogen-bond donors (Lipinski definition) is 1. The topological polar surface area (TPSA) is 26.0 Å². The lowest BCUT2D eigenvalue weighted by molar-refractivity contribution is -0.137. The van der Waals surface area contributed by atoms with Gasteiger partial charge in [-0.25, -0.2) is 0 Å². The molecule has 0 aliphatic heterocycles. The molecule has 3 rings (SSSR count). The molecular weight excluding hydrogens is 263 g/mol. The highest BCUT2D eigenvalue weighted by molar-refractivity contribution is 5.66. The van der Waals surface area contributed by atoms with Crippen molar-refractivity contribution in [3.8, 4) is 11.1 Å². The molecule has 0 atom stereocenters. The summed E-state index contributed by atoms with van der Waals surface area (Å²) in [6.45, 7) is 0. The molecule has 0 aromatic heterocycles. The van der Waals surface area contributed by atoms with Crippen LogP contribution >= 0.6 is 0 Å². The lowest BCUT2D eigenvalue weighted by Gasteiger charge is -2.16. The summed E-state index contributed by atoms with van der Waals surface area (Å²) in [5.41, 5.74) is 6.75. The molecule has 1 aliphatic carbocycles. The Balaban J connectivity index is 2.15. The van der Waals surface area contributed by atoms with Gasteiger partial charge in [0.25, 0.3) is 0 Å². The van der Waals surface area contributed by atoms with E-state index in [4.69, 9.17) is 5.73 Å². The molecule has 1 saturated carbocycles. The molecule has 1 aliphatic rings. The Morgan fingerprint density at radius 2 is 1.55 bits per heavy atom. The first-order valence-electron chi connectivity index (χ1n) is 6.46. The normalized spacial score (nSPS) is 17.0. The van der Waals surface area contributed by atoms with Crippen molar-refractivity contribution in [1.82, 2.24) is 0 Å². The van der Waals surface area contributed by atoms with Gasteiger partial charge in [0.15, 0.2) is 0 Å². The van der Waals surface area contributed by atoms with Crippen LogP contribution in [-0.2, 0) is 11.7 Å². The molecule has 4 heteroatoms. The molecule has 104 valence electrons. The number of nitrogens with two attached hydrogens (primary N) is 1. The monoisotopic (exact) mass is 277 g/mol. The zero-order chi connectivity index (χ0) is 14.4. The summed E-state index contributed by atoms with van der Waals surface area (Å²) >= 11 is 0. The summed E-state index contributed by atoms with van der Waals surface area (Å²) < 4.78 is 39.1. The van der Waals surface area contributed by atoms with E-state index < -0.39 is 17.3 Å². The fraction of sp³-hybridized carbons (Fsp3) is 0.250. The van der Waals surface area contributed by atoms with Gasteiger partial charge < -0.3 is 5.73 Å². The maximum absolute atomic E-state index is 13.0. The first-order valence-corrected chi connectivity index (χ1v) is 6.46. The molecule has 2 aromatic carbocycles. The molecule has 0 heterocycles. The highest BCUT2D eigenvalue weighted by Crippen LogP contribution is 2.45. The Bertz CT molecular complexity index is 604. The van der Waals surface area contributed by atoms with Crippen LogP contribution in [0.1, 0.15) is 24.0 Å². The Hall–Kier alpha value is -1.81. The molecule has 2 N–H and O–H groups in total. The van der Waals surface area contributed by atoms with E-state index in [1.807, 2.05) is 18.2 Å². The van der Waals surface area contributed by atoms with Gasteiger partial charge in [0.1, 0.15) is 0 Å². The second-order valence-electron chi connectivity index (χ2n) is 5.32. The third-order valence-corrected chi connectivity index (χ3v) is 3.73. The van der Waals surface area contributed by atoms with Gasteiger partial charge in [-0.2, -0.15) is 13.2 Å². The zero-order valence-corrected chi connectivity index (χ0v) is 10.7. The van der Waals surface area contributed by atoms with E-state index in [0.29, 0.717) is 11.1 Å². The summed E-state index contributed by atoms with van der Waals surface area (Å²) in [6.07, 6.45) is -2.88. The van der Waals surface area contributed by atoms with Crippen LogP contribution in [-0.4, -0.2) is 0 Å². The lowest BCUT2D eigenvalue weighted by Crippen LogP contribution is -2.20. The van der Waals surface area contributed by atoms with Gasteiger partial charge in [-0.05, 0) is 47.7 Å². The van der Waals surface area contributed by atoms with Crippen molar-refractivity contribution in [2.24, 2.45) is 5.73 Å². The maximum Gasteiger partial charge on any atom is 0.416 e. The molecule has 20 heavy (non-hydrogen) atoms. The Morgan fingerprint density at radius 1 is 0.900 bits per heavy atom. The third kappa shape index (κ3) is 2.43. The smallest absolute Gasteiger partial charge is 0.321 e. The van der Waals surface area contributed by atoms with Crippen LogP contribution in [0.3, 0.4) is 0 Å². The summed E-state index contributed by atoms with van der Waals surface area (Å²) in [5, 5.41) is 0. The van der Waals surface area contributed by atoms with Gasteiger partial charge in [-0.1, -0.05) is 30.3 Å². The summed E-state index contributed by atoms with van der Waals surface area (Å²) in [7, 11) is 0. The first kappa shape index (κ1) is 13.2. The van der Waals surface area contributed by atoms with Gasteiger partial charge in [0.05, 0.1) is 5.56 Å². The SMILES string of the molecule is NC1(c2cc(-c3ccccc3)cc(C(F)(F)F)c2)CC1. The average Bonchev–Trinajstić information content (AvgIpc) is 3.18. The Labute approximate surface area is 115 Å². The minimum Gasteiger partial charge on any atom is -0.321 e. The van der Waals surface area contributed by atoms with Crippen molar-refractivity contribution < 1.29 is 13.2 Å². The molecular formula is C16H14F3N. The van der Waals surface area contributed by atoms with Crippen LogP contribution in [0.15, 0.2) is 48.5 Å². The van der Waals surface area contributed by atoms with Crippen molar-refractivity contribution in [2.75, 3.05) is 0 Å². The van der Waals surface area contributed by atoms with Gasteiger partial charge >= 0.3 is 6.18 Å². The lowest BCUT2D eigenvalue weighted by atomic mass is 9.95. The van der Waals surface area contributed by atoms with Crippen molar-refractivity contribution in [2.45, 2.75) is 24.6 Å². The van der Waals surface area contributed by atoms with Gasteiger partial charge in [0, 0.05) is 5.54 Å². The molecule has 0 bridgehead atoms. The van der Waals surface area contributed by atoms with Crippen LogP contribution in [0.25, 0.3) is 11.1 Å². The second-order valence-corrected chi connectivity index (χ2v) is 5.32. The summed E-state index contributed by atoms with van der Waals surface area (Å²) in [4.78, 5) is 0. The van der Waals surface area contributed by atoms with Crippen molar-refractivity contribution in [3.05, 3.63) is 59.7 Å². The minimum atomic E-state index is -4.36. The fourth-order valence-corrected chi connectivity index (χ4v) is 2.30. The standard InChI is InChI=1S/C16H14F3N/c17-16(18,19)14-9-12(11-4-2-1-3-5-11)8-13(10-14)15(20)6-7-15/h1-5,8-10H,6-7,20H2. The van der Waals surface area contributed by atoms with E-state index in [0.717, 1.165) is 18.4 Å².